The number of ether oxygens (including phenoxy) is 1. The van der Waals surface area contributed by atoms with Gasteiger partial charge in [-0.1, -0.05) is 24.3 Å². The Morgan fingerprint density at radius 1 is 1.18 bits per heavy atom. The van der Waals surface area contributed by atoms with Gasteiger partial charge in [-0.25, -0.2) is 9.18 Å². The fourth-order valence-corrected chi connectivity index (χ4v) is 1.85. The normalized spacial score (nSPS) is 10.6. The van der Waals surface area contributed by atoms with E-state index in [4.69, 9.17) is 0 Å². The van der Waals surface area contributed by atoms with E-state index in [-0.39, 0.29) is 17.1 Å². The van der Waals surface area contributed by atoms with Gasteiger partial charge in [-0.15, -0.1) is 0 Å². The van der Waals surface area contributed by atoms with E-state index in [0.717, 1.165) is 11.6 Å². The number of nitro groups is 1. The molecule has 0 saturated carbocycles. The molecule has 2 aromatic rings. The average molecular weight is 301 g/mol. The minimum Gasteiger partial charge on any atom is -0.465 e. The predicted molar refractivity (Wildman–Crippen MR) is 79.8 cm³/mol. The SMILES string of the molecule is COC(=O)c1cc([N+](=O)[O-])ccc1/C=C/c1ccc(F)cc1. The van der Waals surface area contributed by atoms with Crippen molar-refractivity contribution in [1.29, 1.82) is 0 Å². The summed E-state index contributed by atoms with van der Waals surface area (Å²) >= 11 is 0. The first-order valence-electron chi connectivity index (χ1n) is 6.31. The van der Waals surface area contributed by atoms with Crippen molar-refractivity contribution in [3.05, 3.63) is 75.1 Å². The third kappa shape index (κ3) is 3.54. The summed E-state index contributed by atoms with van der Waals surface area (Å²) in [5, 5.41) is 10.8. The van der Waals surface area contributed by atoms with Crippen LogP contribution in [0.3, 0.4) is 0 Å². The van der Waals surface area contributed by atoms with Gasteiger partial charge in [-0.3, -0.25) is 10.1 Å². The first-order valence-corrected chi connectivity index (χ1v) is 6.31. The van der Waals surface area contributed by atoms with Gasteiger partial charge in [-0.05, 0) is 29.3 Å². The Hall–Kier alpha value is -3.02. The fraction of sp³-hybridized carbons (Fsp3) is 0.0625. The third-order valence-corrected chi connectivity index (χ3v) is 2.98. The maximum Gasteiger partial charge on any atom is 0.338 e. The number of hydrogen-bond donors (Lipinski definition) is 0. The smallest absolute Gasteiger partial charge is 0.338 e. The number of non-ortho nitro benzene ring substituents is 1. The minimum absolute atomic E-state index is 0.0926. The van der Waals surface area contributed by atoms with Gasteiger partial charge >= 0.3 is 5.97 Å². The molecule has 0 spiro atoms. The Morgan fingerprint density at radius 2 is 1.86 bits per heavy atom. The highest BCUT2D eigenvalue weighted by molar-refractivity contribution is 5.95. The third-order valence-electron chi connectivity index (χ3n) is 2.98. The Balaban J connectivity index is 2.39. The first kappa shape index (κ1) is 15.4. The summed E-state index contributed by atoms with van der Waals surface area (Å²) in [6, 6.07) is 9.72. The van der Waals surface area contributed by atoms with Crippen molar-refractivity contribution in [3.8, 4) is 0 Å². The highest BCUT2D eigenvalue weighted by Gasteiger charge is 2.15. The van der Waals surface area contributed by atoms with Crippen molar-refractivity contribution in [2.75, 3.05) is 7.11 Å². The highest BCUT2D eigenvalue weighted by Crippen LogP contribution is 2.21. The van der Waals surface area contributed by atoms with Crippen LogP contribution in [0.5, 0.6) is 0 Å². The van der Waals surface area contributed by atoms with Gasteiger partial charge in [-0.2, -0.15) is 0 Å². The number of hydrogen-bond acceptors (Lipinski definition) is 4. The topological polar surface area (TPSA) is 69.4 Å². The molecule has 0 bridgehead atoms. The van der Waals surface area contributed by atoms with Gasteiger partial charge in [0.25, 0.3) is 5.69 Å². The van der Waals surface area contributed by atoms with Crippen LogP contribution >= 0.6 is 0 Å². The first-order chi connectivity index (χ1) is 10.5. The minimum atomic E-state index is -0.664. The molecule has 0 saturated heterocycles. The van der Waals surface area contributed by atoms with Gasteiger partial charge in [0.05, 0.1) is 17.6 Å². The number of benzene rings is 2. The van der Waals surface area contributed by atoms with Crippen LogP contribution in [0.1, 0.15) is 21.5 Å². The number of esters is 1. The van der Waals surface area contributed by atoms with Gasteiger partial charge in [0, 0.05) is 12.1 Å². The van der Waals surface area contributed by atoms with Crippen molar-refractivity contribution in [2.45, 2.75) is 0 Å². The molecule has 0 aliphatic rings. The molecule has 6 heteroatoms. The molecule has 22 heavy (non-hydrogen) atoms. The van der Waals surface area contributed by atoms with Crippen molar-refractivity contribution in [2.24, 2.45) is 0 Å². The molecule has 2 rings (SSSR count). The van der Waals surface area contributed by atoms with Gasteiger partial charge in [0.1, 0.15) is 5.82 Å². The van der Waals surface area contributed by atoms with Gasteiger partial charge in [0.2, 0.25) is 0 Å². The Labute approximate surface area is 125 Å². The van der Waals surface area contributed by atoms with E-state index in [1.165, 1.54) is 31.4 Å². The largest absolute Gasteiger partial charge is 0.465 e. The second-order valence-electron chi connectivity index (χ2n) is 4.41. The number of halogens is 1. The highest BCUT2D eigenvalue weighted by atomic mass is 19.1. The molecule has 0 heterocycles. The molecule has 0 aromatic heterocycles. The van der Waals surface area contributed by atoms with E-state index in [2.05, 4.69) is 4.74 Å². The summed E-state index contributed by atoms with van der Waals surface area (Å²) in [7, 11) is 1.20. The summed E-state index contributed by atoms with van der Waals surface area (Å²) < 4.78 is 17.5. The van der Waals surface area contributed by atoms with Crippen LogP contribution in [-0.4, -0.2) is 18.0 Å². The monoisotopic (exact) mass is 301 g/mol. The van der Waals surface area contributed by atoms with E-state index in [1.807, 2.05) is 0 Å². The quantitative estimate of drug-likeness (QED) is 0.374. The van der Waals surface area contributed by atoms with Crippen LogP contribution in [0.4, 0.5) is 10.1 Å². The lowest BCUT2D eigenvalue weighted by Crippen LogP contribution is -2.04. The average Bonchev–Trinajstić information content (AvgIpc) is 2.53. The van der Waals surface area contributed by atoms with Crippen LogP contribution < -0.4 is 0 Å². The lowest BCUT2D eigenvalue weighted by atomic mass is 10.0. The zero-order valence-electron chi connectivity index (χ0n) is 11.7. The maximum absolute atomic E-state index is 12.8. The standard InChI is InChI=1S/C16H12FNO4/c1-22-16(19)15-10-14(18(20)21)9-6-12(15)5-2-11-3-7-13(17)8-4-11/h2-10H,1H3/b5-2+. The Bertz CT molecular complexity index is 738. The zero-order chi connectivity index (χ0) is 16.1. The van der Waals surface area contributed by atoms with Crippen LogP contribution in [0.15, 0.2) is 42.5 Å². The molecule has 0 aliphatic carbocycles. The van der Waals surface area contributed by atoms with E-state index >= 15 is 0 Å². The molecular formula is C16H12FNO4. The second kappa shape index (κ2) is 6.62. The molecule has 0 aliphatic heterocycles. The lowest BCUT2D eigenvalue weighted by Gasteiger charge is -2.04. The molecule has 0 fully saturated rings. The molecule has 2 aromatic carbocycles. The second-order valence-corrected chi connectivity index (χ2v) is 4.41. The van der Waals surface area contributed by atoms with Crippen LogP contribution in [0, 0.1) is 15.9 Å². The number of methoxy groups -OCH3 is 1. The molecule has 112 valence electrons. The van der Waals surface area contributed by atoms with E-state index in [9.17, 15) is 19.3 Å². The summed E-state index contributed by atoms with van der Waals surface area (Å²) in [5.74, 6) is -1.01. The van der Waals surface area contributed by atoms with Crippen LogP contribution in [0.25, 0.3) is 12.2 Å². The number of nitro benzene ring substituents is 1. The van der Waals surface area contributed by atoms with Crippen molar-refractivity contribution in [1.82, 2.24) is 0 Å². The molecule has 0 unspecified atom stereocenters. The van der Waals surface area contributed by atoms with Crippen LogP contribution in [0.2, 0.25) is 0 Å². The van der Waals surface area contributed by atoms with E-state index in [1.54, 1.807) is 24.3 Å². The summed E-state index contributed by atoms with van der Waals surface area (Å²) in [5.41, 5.74) is 1.10. The molecule has 0 radical (unpaired) electrons. The van der Waals surface area contributed by atoms with E-state index < -0.39 is 10.9 Å². The fourth-order valence-electron chi connectivity index (χ4n) is 1.85. The number of nitrogens with zero attached hydrogens (tertiary/aromatic N) is 1. The van der Waals surface area contributed by atoms with Crippen molar-refractivity contribution in [3.63, 3.8) is 0 Å². The van der Waals surface area contributed by atoms with Gasteiger partial charge < -0.3 is 4.74 Å². The van der Waals surface area contributed by atoms with Crippen LogP contribution in [-0.2, 0) is 4.74 Å². The zero-order valence-corrected chi connectivity index (χ0v) is 11.7. The molecule has 5 nitrogen and oxygen atoms in total. The van der Waals surface area contributed by atoms with Crippen molar-refractivity contribution >= 4 is 23.8 Å². The maximum atomic E-state index is 12.8. The molecular weight excluding hydrogens is 289 g/mol. The van der Waals surface area contributed by atoms with Gasteiger partial charge in [0.15, 0.2) is 0 Å². The predicted octanol–water partition coefficient (Wildman–Crippen LogP) is 3.69. The van der Waals surface area contributed by atoms with Crippen molar-refractivity contribution < 1.29 is 18.8 Å². The van der Waals surface area contributed by atoms with E-state index in [0.29, 0.717) is 5.56 Å². The number of carbonyl (C=O) groups is 1. The number of rotatable bonds is 4. The molecule has 0 N–H and O–H groups in total. The summed E-state index contributed by atoms with van der Waals surface area (Å²) in [6.45, 7) is 0. The Kier molecular flexibility index (Phi) is 4.63. The molecule has 0 atom stereocenters. The molecule has 0 amide bonds. The lowest BCUT2D eigenvalue weighted by molar-refractivity contribution is -0.384. The number of carbonyl (C=O) groups excluding carboxylic acids is 1. The Morgan fingerprint density at radius 3 is 2.45 bits per heavy atom. The summed E-state index contributed by atoms with van der Waals surface area (Å²) in [6.07, 6.45) is 3.29. The summed E-state index contributed by atoms with van der Waals surface area (Å²) in [4.78, 5) is 21.9.